The third-order valence-corrected chi connectivity index (χ3v) is 31.1. The number of hydrogen-bond acceptors (Lipinski definition) is 30. The Morgan fingerprint density at radius 3 is 0.497 bits per heavy atom. The SMILES string of the molecule is CC1OC1CCCn1c(=O)n(CCCC2OC2C)c(=O)n(CCCC2OC2C)c1=O.CCC1OC1CCn1c(=O)n(CCC2OC2CC)c(=O)n(CCC2OC2CC)c1=O.CCC1OC1Cn1c(=O)n(CC2OC2CC)c(=O)n(CC2OC2CC)c1=O.CCCC1OC1Cn1c(=O)n(CC2OC2CCC)c(=O)n(CC2OC2CCC)c1=O.O=c1n(CCCCC2CO2)c(=O)n(CCCCC2CO2)c(=O)n1CCCCC1CO1. The lowest BCUT2D eigenvalue weighted by Gasteiger charge is -2.14. The van der Waals surface area contributed by atoms with Gasteiger partial charge in [0, 0.05) is 58.9 Å². The highest BCUT2D eigenvalue weighted by Gasteiger charge is 2.48. The summed E-state index contributed by atoms with van der Waals surface area (Å²) in [5.41, 5.74) is -7.98. The van der Waals surface area contributed by atoms with Crippen molar-refractivity contribution < 1.29 is 71.1 Å². The molecule has 0 aliphatic carbocycles. The van der Waals surface area contributed by atoms with Gasteiger partial charge in [0.05, 0.1) is 187 Å². The van der Waals surface area contributed by atoms with E-state index < -0.39 is 85.3 Å². The second-order valence-corrected chi connectivity index (χ2v) is 42.3. The topological polar surface area (TPSA) is 518 Å². The quantitative estimate of drug-likeness (QED) is 0.0398. The van der Waals surface area contributed by atoms with Crippen LogP contribution in [0.5, 0.6) is 0 Å². The summed E-state index contributed by atoms with van der Waals surface area (Å²) in [7, 11) is 0. The van der Waals surface area contributed by atoms with Crippen molar-refractivity contribution in [3.63, 3.8) is 0 Å². The van der Waals surface area contributed by atoms with E-state index in [0.29, 0.717) is 96.1 Å². The zero-order valence-electron chi connectivity index (χ0n) is 88.0. The Balaban J connectivity index is 0.000000131. The van der Waals surface area contributed by atoms with E-state index in [1.165, 1.54) is 41.1 Å². The average molecular weight is 2080 g/mol. The molecule has 0 saturated carbocycles. The fourth-order valence-corrected chi connectivity index (χ4v) is 20.6. The van der Waals surface area contributed by atoms with E-state index in [2.05, 4.69) is 41.5 Å². The number of ether oxygens (including phenoxy) is 15. The molecule has 0 spiro atoms. The molecule has 20 rings (SSSR count). The zero-order valence-corrected chi connectivity index (χ0v) is 88.0. The minimum atomic E-state index is -0.583. The van der Waals surface area contributed by atoms with Gasteiger partial charge in [-0.2, -0.15) is 0 Å². The van der Waals surface area contributed by atoms with Gasteiger partial charge in [-0.3, -0.25) is 0 Å². The van der Waals surface area contributed by atoms with Crippen molar-refractivity contribution in [2.45, 2.75) is 539 Å². The van der Waals surface area contributed by atoms with Crippen molar-refractivity contribution in [1.29, 1.82) is 0 Å². The van der Waals surface area contributed by atoms with Crippen molar-refractivity contribution in [3.05, 3.63) is 157 Å². The monoisotopic (exact) mass is 2070 g/mol. The average Bonchev–Trinajstić information content (AvgIpc) is 1.59. The first kappa shape index (κ1) is 111. The summed E-state index contributed by atoms with van der Waals surface area (Å²) in [6, 6.07) is 0. The number of epoxide rings is 15. The van der Waals surface area contributed by atoms with Crippen LogP contribution in [0.25, 0.3) is 0 Å². The lowest BCUT2D eigenvalue weighted by Crippen LogP contribution is -2.56. The number of hydrogen-bond donors (Lipinski definition) is 0. The van der Waals surface area contributed by atoms with Crippen LogP contribution in [0.4, 0.5) is 0 Å². The third-order valence-electron chi connectivity index (χ3n) is 31.1. The van der Waals surface area contributed by atoms with Gasteiger partial charge < -0.3 is 71.1 Å². The summed E-state index contributed by atoms with van der Waals surface area (Å²) >= 11 is 0. The van der Waals surface area contributed by atoms with Crippen molar-refractivity contribution >= 4 is 0 Å². The van der Waals surface area contributed by atoms with Crippen LogP contribution in [0.3, 0.4) is 0 Å². The summed E-state index contributed by atoms with van der Waals surface area (Å²) in [5, 5.41) is 0. The normalized spacial score (nSPS) is 30.6. The minimum absolute atomic E-state index is 0.0672. The van der Waals surface area contributed by atoms with Crippen molar-refractivity contribution in [2.24, 2.45) is 0 Å². The molecule has 15 aliphatic rings. The van der Waals surface area contributed by atoms with Gasteiger partial charge in [-0.1, -0.05) is 81.6 Å². The highest BCUT2D eigenvalue weighted by molar-refractivity contribution is 4.99. The molecule has 45 nitrogen and oxygen atoms in total. The molecule has 45 heteroatoms. The molecule has 147 heavy (non-hydrogen) atoms. The summed E-state index contributed by atoms with van der Waals surface area (Å²) in [4.78, 5) is 194. The Labute approximate surface area is 851 Å². The molecule has 15 aliphatic heterocycles. The lowest BCUT2D eigenvalue weighted by molar-refractivity contribution is 0.312. The Hall–Kier alpha value is -8.55. The summed E-state index contributed by atoms with van der Waals surface area (Å²) < 4.78 is 99.8. The van der Waals surface area contributed by atoms with Crippen molar-refractivity contribution in [3.8, 4) is 0 Å². The molecule has 0 radical (unpaired) electrons. The maximum atomic E-state index is 13.1. The number of nitrogens with zero attached hydrogens (tertiary/aromatic N) is 15. The highest BCUT2D eigenvalue weighted by atomic mass is 16.6. The predicted molar refractivity (Wildman–Crippen MR) is 536 cm³/mol. The molecular weight excluding hydrogens is 1920 g/mol. The Morgan fingerprint density at radius 1 is 0.170 bits per heavy atom. The molecule has 5 aromatic rings. The van der Waals surface area contributed by atoms with Crippen LogP contribution in [-0.2, 0) is 169 Å². The van der Waals surface area contributed by atoms with Crippen LogP contribution < -0.4 is 85.3 Å². The van der Waals surface area contributed by atoms with Gasteiger partial charge >= 0.3 is 85.3 Å². The molecule has 0 N–H and O–H groups in total. The van der Waals surface area contributed by atoms with Gasteiger partial charge in [0.25, 0.3) is 0 Å². The Bertz CT molecular complexity index is 5560. The zero-order chi connectivity index (χ0) is 104. The van der Waals surface area contributed by atoms with Gasteiger partial charge in [-0.15, -0.1) is 0 Å². The number of rotatable bonds is 60. The van der Waals surface area contributed by atoms with Crippen LogP contribution in [0.15, 0.2) is 71.9 Å². The van der Waals surface area contributed by atoms with Gasteiger partial charge in [0.2, 0.25) is 0 Å². The van der Waals surface area contributed by atoms with E-state index in [1.54, 1.807) is 0 Å². The first-order chi connectivity index (χ1) is 70.9. The van der Waals surface area contributed by atoms with Crippen LogP contribution in [-0.4, -0.2) is 253 Å². The predicted octanol–water partition coefficient (Wildman–Crippen LogP) is 3.21. The van der Waals surface area contributed by atoms with E-state index in [0.717, 1.165) is 201 Å². The fourth-order valence-electron chi connectivity index (χ4n) is 20.6. The second kappa shape index (κ2) is 50.3. The largest absolute Gasteiger partial charge is 0.373 e. The molecule has 15 fully saturated rings. The molecule has 5 aromatic heterocycles. The lowest BCUT2D eigenvalue weighted by atomic mass is 10.2. The summed E-state index contributed by atoms with van der Waals surface area (Å²) in [6.07, 6.45) is 27.8. The van der Waals surface area contributed by atoms with Crippen LogP contribution in [0.2, 0.25) is 0 Å². The molecule has 0 aromatic carbocycles. The molecule has 822 valence electrons. The Kier molecular flexibility index (Phi) is 38.0. The standard InChI is InChI=1S/4C21H33N3O6.C18H27N3O6/c1-13-16(28-13)7-4-10-22-19(25)23(11-5-8-17-14(2)29-17)21(27)24(20(22)26)12-6-9-18-15(3)30-18;1-4-13-16(28-13)7-10-22-19(25)23(11-8-17-14(5-2)29-17)21(27)24(20(22)26)12-9-18-15(6-3)30-18;1-4-7-13-16(28-13)10-22-19(25)23(11-17-14(29-17)8-5-2)21(27)24(20(22)26)12-18-15(30-18)9-6-3;25-19-22(10-4-1-7-16-13-28-16)20(26)24(12-6-3-9-18-15-30-18)21(27)23(19)11-5-2-8-17-14-29-17;1-4-10-13(25-10)7-19-16(22)20(8-14-11(5-2)26-14)18(24)21(17(19)23)9-15-12(6-3)27-15/h3*13-18H,4-12H2,1-3H3;16-18H,1-15H2;10-15H,4-9H2,1-3H3. The molecular formula is C102H159N15O30. The minimum Gasteiger partial charge on any atom is -0.373 e. The van der Waals surface area contributed by atoms with Gasteiger partial charge in [0.15, 0.2) is 0 Å². The maximum absolute atomic E-state index is 13.1. The molecule has 27 unspecified atom stereocenters. The van der Waals surface area contributed by atoms with Gasteiger partial charge in [0.1, 0.15) is 36.6 Å². The van der Waals surface area contributed by atoms with Crippen LogP contribution in [0, 0.1) is 0 Å². The van der Waals surface area contributed by atoms with E-state index >= 15 is 0 Å². The summed E-state index contributed by atoms with van der Waals surface area (Å²) in [6.45, 7) is 30.6. The van der Waals surface area contributed by atoms with E-state index in [4.69, 9.17) is 71.1 Å². The van der Waals surface area contributed by atoms with Crippen molar-refractivity contribution in [2.75, 3.05) is 19.8 Å². The number of aromatic nitrogens is 15. The summed E-state index contributed by atoms with van der Waals surface area (Å²) in [5.74, 6) is 0. The molecule has 0 amide bonds. The maximum Gasteiger partial charge on any atom is 0.336 e. The van der Waals surface area contributed by atoms with Crippen LogP contribution in [0.1, 0.15) is 276 Å². The fraction of sp³-hybridized carbons (Fsp3) is 0.853. The third kappa shape index (κ3) is 29.7. The molecule has 27 atom stereocenters. The van der Waals surface area contributed by atoms with E-state index in [1.807, 2.05) is 41.5 Å². The molecule has 0 bridgehead atoms. The van der Waals surface area contributed by atoms with Crippen LogP contribution >= 0.6 is 0 Å². The smallest absolute Gasteiger partial charge is 0.336 e. The second-order valence-electron chi connectivity index (χ2n) is 42.3. The first-order valence-corrected chi connectivity index (χ1v) is 55.4. The van der Waals surface area contributed by atoms with Gasteiger partial charge in [-0.25, -0.2) is 140 Å². The Morgan fingerprint density at radius 2 is 0.327 bits per heavy atom. The van der Waals surface area contributed by atoms with Gasteiger partial charge in [-0.05, 0) is 194 Å². The van der Waals surface area contributed by atoms with E-state index in [-0.39, 0.29) is 205 Å². The molecule has 20 heterocycles. The van der Waals surface area contributed by atoms with E-state index in [9.17, 15) is 71.9 Å². The van der Waals surface area contributed by atoms with Crippen molar-refractivity contribution in [1.82, 2.24) is 68.5 Å². The highest BCUT2D eigenvalue weighted by Crippen LogP contribution is 2.36. The number of unbranched alkanes of at least 4 members (excludes halogenated alkanes) is 3. The molecule has 15 saturated heterocycles. The first-order valence-electron chi connectivity index (χ1n) is 55.4.